The number of pyridine rings is 1. The summed E-state index contributed by atoms with van der Waals surface area (Å²) in [5.74, 6) is -0.278. The van der Waals surface area contributed by atoms with Crippen molar-refractivity contribution in [3.8, 4) is 11.3 Å². The molecule has 0 unspecified atom stereocenters. The number of esters is 1. The van der Waals surface area contributed by atoms with Gasteiger partial charge in [0.2, 0.25) is 0 Å². The SMILES string of the molecule is Cc1ccc(-c2ccnc(Cl)c2)n1CC(=O)OCc1ccccc1. The Morgan fingerprint density at radius 3 is 2.71 bits per heavy atom. The highest BCUT2D eigenvalue weighted by Crippen LogP contribution is 2.24. The summed E-state index contributed by atoms with van der Waals surface area (Å²) in [4.78, 5) is 16.2. The van der Waals surface area contributed by atoms with E-state index in [0.717, 1.165) is 22.5 Å². The second kappa shape index (κ2) is 7.32. The first-order valence-corrected chi connectivity index (χ1v) is 7.99. The fourth-order valence-corrected chi connectivity index (χ4v) is 2.68. The lowest BCUT2D eigenvalue weighted by Crippen LogP contribution is -2.15. The van der Waals surface area contributed by atoms with Crippen molar-refractivity contribution >= 4 is 17.6 Å². The van der Waals surface area contributed by atoms with E-state index in [4.69, 9.17) is 16.3 Å². The zero-order valence-corrected chi connectivity index (χ0v) is 14.0. The minimum absolute atomic E-state index is 0.154. The number of nitrogens with zero attached hydrogens (tertiary/aromatic N) is 2. The summed E-state index contributed by atoms with van der Waals surface area (Å²) >= 11 is 5.97. The third-order valence-electron chi connectivity index (χ3n) is 3.75. The van der Waals surface area contributed by atoms with Crippen LogP contribution in [-0.2, 0) is 22.7 Å². The number of ether oxygens (including phenoxy) is 1. The van der Waals surface area contributed by atoms with Gasteiger partial charge in [-0.3, -0.25) is 4.79 Å². The third kappa shape index (κ3) is 3.84. The molecule has 0 bridgehead atoms. The number of halogens is 1. The van der Waals surface area contributed by atoms with Crippen molar-refractivity contribution in [3.63, 3.8) is 0 Å². The highest BCUT2D eigenvalue weighted by molar-refractivity contribution is 6.29. The molecule has 0 saturated heterocycles. The van der Waals surface area contributed by atoms with E-state index in [1.165, 1.54) is 0 Å². The van der Waals surface area contributed by atoms with Gasteiger partial charge < -0.3 is 9.30 Å². The molecule has 2 aromatic heterocycles. The number of aromatic nitrogens is 2. The van der Waals surface area contributed by atoms with Crippen molar-refractivity contribution in [2.75, 3.05) is 0 Å². The number of benzene rings is 1. The average molecular weight is 341 g/mol. The predicted molar refractivity (Wildman–Crippen MR) is 93.6 cm³/mol. The smallest absolute Gasteiger partial charge is 0.326 e. The lowest BCUT2D eigenvalue weighted by Gasteiger charge is -2.12. The van der Waals surface area contributed by atoms with Gasteiger partial charge in [0.05, 0.1) is 0 Å². The fourth-order valence-electron chi connectivity index (χ4n) is 2.51. The van der Waals surface area contributed by atoms with E-state index in [9.17, 15) is 4.79 Å². The first-order chi connectivity index (χ1) is 11.6. The molecular formula is C19H17ClN2O2. The van der Waals surface area contributed by atoms with Gasteiger partial charge in [0, 0.05) is 23.1 Å². The van der Waals surface area contributed by atoms with Crippen LogP contribution in [0.3, 0.4) is 0 Å². The van der Waals surface area contributed by atoms with Crippen molar-refractivity contribution in [2.45, 2.75) is 20.1 Å². The van der Waals surface area contributed by atoms with Gasteiger partial charge in [-0.15, -0.1) is 0 Å². The topological polar surface area (TPSA) is 44.1 Å². The van der Waals surface area contributed by atoms with E-state index in [0.29, 0.717) is 5.15 Å². The normalized spacial score (nSPS) is 10.6. The summed E-state index contributed by atoms with van der Waals surface area (Å²) in [6, 6.07) is 17.2. The molecule has 0 saturated carbocycles. The predicted octanol–water partition coefficient (Wildman–Crippen LogP) is 4.26. The summed E-state index contributed by atoms with van der Waals surface area (Å²) in [5, 5.41) is 0.421. The summed E-state index contributed by atoms with van der Waals surface area (Å²) in [6.45, 7) is 2.38. The molecule has 2 heterocycles. The van der Waals surface area contributed by atoms with Crippen molar-refractivity contribution < 1.29 is 9.53 Å². The Labute approximate surface area is 145 Å². The number of carbonyl (C=O) groups excluding carboxylic acids is 1. The summed E-state index contributed by atoms with van der Waals surface area (Å²) in [7, 11) is 0. The van der Waals surface area contributed by atoms with Gasteiger partial charge in [0.1, 0.15) is 18.3 Å². The monoisotopic (exact) mass is 340 g/mol. The maximum absolute atomic E-state index is 12.2. The fraction of sp³-hybridized carbons (Fsp3) is 0.158. The molecule has 1 aromatic carbocycles. The van der Waals surface area contributed by atoms with E-state index in [2.05, 4.69) is 4.98 Å². The lowest BCUT2D eigenvalue weighted by atomic mass is 10.2. The van der Waals surface area contributed by atoms with Crippen LogP contribution in [0.2, 0.25) is 5.15 Å². The molecule has 0 fully saturated rings. The molecule has 0 aliphatic rings. The quantitative estimate of drug-likeness (QED) is 0.515. The van der Waals surface area contributed by atoms with Crippen LogP contribution in [0.4, 0.5) is 0 Å². The van der Waals surface area contributed by atoms with Gasteiger partial charge in [-0.1, -0.05) is 41.9 Å². The van der Waals surface area contributed by atoms with Crippen molar-refractivity contribution in [3.05, 3.63) is 77.2 Å². The molecule has 0 aliphatic carbocycles. The van der Waals surface area contributed by atoms with Gasteiger partial charge in [-0.25, -0.2) is 4.98 Å². The third-order valence-corrected chi connectivity index (χ3v) is 3.96. The highest BCUT2D eigenvalue weighted by atomic mass is 35.5. The van der Waals surface area contributed by atoms with Crippen molar-refractivity contribution in [2.24, 2.45) is 0 Å². The molecule has 24 heavy (non-hydrogen) atoms. The second-order valence-corrected chi connectivity index (χ2v) is 5.85. The summed E-state index contributed by atoms with van der Waals surface area (Å²) in [5.41, 5.74) is 3.78. The number of carbonyl (C=O) groups is 1. The highest BCUT2D eigenvalue weighted by Gasteiger charge is 2.12. The Hall–Kier alpha value is -2.59. The Morgan fingerprint density at radius 1 is 1.17 bits per heavy atom. The molecule has 0 aliphatic heterocycles. The van der Waals surface area contributed by atoms with E-state index in [1.807, 2.05) is 60.0 Å². The van der Waals surface area contributed by atoms with E-state index in [1.54, 1.807) is 12.3 Å². The number of aryl methyl sites for hydroxylation is 1. The van der Waals surface area contributed by atoms with Crippen LogP contribution < -0.4 is 0 Å². The zero-order chi connectivity index (χ0) is 16.9. The lowest BCUT2D eigenvalue weighted by molar-refractivity contribution is -0.145. The average Bonchev–Trinajstić information content (AvgIpc) is 2.95. The van der Waals surface area contributed by atoms with Crippen LogP contribution in [0.5, 0.6) is 0 Å². The first-order valence-electron chi connectivity index (χ1n) is 7.61. The molecule has 5 heteroatoms. The van der Waals surface area contributed by atoms with Crippen LogP contribution in [0.25, 0.3) is 11.3 Å². The number of hydrogen-bond acceptors (Lipinski definition) is 3. The number of hydrogen-bond donors (Lipinski definition) is 0. The Bertz CT molecular complexity index is 844. The molecule has 0 spiro atoms. The minimum atomic E-state index is -0.278. The Kier molecular flexibility index (Phi) is 4.96. The van der Waals surface area contributed by atoms with E-state index in [-0.39, 0.29) is 19.1 Å². The van der Waals surface area contributed by atoms with Crippen molar-refractivity contribution in [1.29, 1.82) is 0 Å². The van der Waals surface area contributed by atoms with E-state index >= 15 is 0 Å². The van der Waals surface area contributed by atoms with Crippen LogP contribution in [0.15, 0.2) is 60.8 Å². The molecule has 122 valence electrons. The summed E-state index contributed by atoms with van der Waals surface area (Å²) < 4.78 is 7.29. The van der Waals surface area contributed by atoms with Gasteiger partial charge in [-0.2, -0.15) is 0 Å². The second-order valence-electron chi connectivity index (χ2n) is 5.46. The van der Waals surface area contributed by atoms with Gasteiger partial charge in [-0.05, 0) is 36.8 Å². The first kappa shape index (κ1) is 16.3. The minimum Gasteiger partial charge on any atom is -0.459 e. The molecule has 0 N–H and O–H groups in total. The van der Waals surface area contributed by atoms with Crippen LogP contribution >= 0.6 is 11.6 Å². The molecule has 3 rings (SSSR count). The van der Waals surface area contributed by atoms with E-state index < -0.39 is 0 Å². The van der Waals surface area contributed by atoms with Crippen LogP contribution in [0, 0.1) is 6.92 Å². The number of rotatable bonds is 5. The molecule has 4 nitrogen and oxygen atoms in total. The largest absolute Gasteiger partial charge is 0.459 e. The van der Waals surface area contributed by atoms with Crippen molar-refractivity contribution in [1.82, 2.24) is 9.55 Å². The maximum atomic E-state index is 12.2. The summed E-state index contributed by atoms with van der Waals surface area (Å²) in [6.07, 6.45) is 1.65. The van der Waals surface area contributed by atoms with Gasteiger partial charge >= 0.3 is 5.97 Å². The van der Waals surface area contributed by atoms with Gasteiger partial charge in [0.25, 0.3) is 0 Å². The molecular weight excluding hydrogens is 324 g/mol. The van der Waals surface area contributed by atoms with Gasteiger partial charge in [0.15, 0.2) is 0 Å². The molecule has 0 amide bonds. The molecule has 0 radical (unpaired) electrons. The van der Waals surface area contributed by atoms with Crippen LogP contribution in [0.1, 0.15) is 11.3 Å². The molecule has 3 aromatic rings. The molecule has 0 atom stereocenters. The maximum Gasteiger partial charge on any atom is 0.326 e. The standard InChI is InChI=1S/C19H17ClN2O2/c1-14-7-8-17(16-9-10-21-18(20)11-16)22(14)12-19(23)24-13-15-5-3-2-4-6-15/h2-11H,12-13H2,1H3. The van der Waals surface area contributed by atoms with Crippen LogP contribution in [-0.4, -0.2) is 15.5 Å². The Balaban J connectivity index is 1.73. The Morgan fingerprint density at radius 2 is 1.96 bits per heavy atom. The zero-order valence-electron chi connectivity index (χ0n) is 13.3.